The standard InChI is InChI=1S/C18H20Cl2N2O4S/c1-4-26-16-8-6-13(19)9-17(16)27(24,25)22-12(3)18(23)21-14-7-5-11(2)15(20)10-14/h5-10,12,22H,4H2,1-3H3,(H,21,23). The van der Waals surface area contributed by atoms with E-state index in [0.717, 1.165) is 5.56 Å². The Kier molecular flexibility index (Phi) is 7.11. The molecule has 9 heteroatoms. The van der Waals surface area contributed by atoms with Gasteiger partial charge in [0.2, 0.25) is 15.9 Å². The molecule has 0 aliphatic rings. The van der Waals surface area contributed by atoms with Crippen LogP contribution in [0, 0.1) is 6.92 Å². The van der Waals surface area contributed by atoms with E-state index < -0.39 is 22.0 Å². The van der Waals surface area contributed by atoms with E-state index in [1.807, 2.05) is 6.92 Å². The van der Waals surface area contributed by atoms with Gasteiger partial charge in [-0.2, -0.15) is 4.72 Å². The summed E-state index contributed by atoms with van der Waals surface area (Å²) in [6, 6.07) is 8.28. The van der Waals surface area contributed by atoms with Crippen molar-refractivity contribution in [2.45, 2.75) is 31.7 Å². The van der Waals surface area contributed by atoms with Gasteiger partial charge in [-0.3, -0.25) is 4.79 Å². The number of hydrogen-bond acceptors (Lipinski definition) is 4. The molecule has 2 rings (SSSR count). The summed E-state index contributed by atoms with van der Waals surface area (Å²) in [6.45, 7) is 5.30. The maximum absolute atomic E-state index is 12.7. The molecule has 146 valence electrons. The quantitative estimate of drug-likeness (QED) is 0.694. The van der Waals surface area contributed by atoms with Crippen LogP contribution in [0.2, 0.25) is 10.0 Å². The SMILES string of the molecule is CCOc1ccc(Cl)cc1S(=O)(=O)NC(C)C(=O)Nc1ccc(C)c(Cl)c1. The van der Waals surface area contributed by atoms with Crippen molar-refractivity contribution in [3.8, 4) is 5.75 Å². The second-order valence-corrected chi connectivity index (χ2v) is 8.35. The Labute approximate surface area is 168 Å². The van der Waals surface area contributed by atoms with E-state index in [2.05, 4.69) is 10.0 Å². The Morgan fingerprint density at radius 3 is 2.52 bits per heavy atom. The third-order valence-corrected chi connectivity index (χ3v) is 5.86. The predicted octanol–water partition coefficient (Wildman–Crippen LogP) is 4.01. The van der Waals surface area contributed by atoms with Gasteiger partial charge in [-0.15, -0.1) is 0 Å². The van der Waals surface area contributed by atoms with Crippen LogP contribution in [-0.4, -0.2) is 27.0 Å². The van der Waals surface area contributed by atoms with E-state index >= 15 is 0 Å². The number of benzene rings is 2. The second-order valence-electron chi connectivity index (χ2n) is 5.82. The Morgan fingerprint density at radius 1 is 1.19 bits per heavy atom. The molecule has 0 heterocycles. The Balaban J connectivity index is 2.18. The van der Waals surface area contributed by atoms with Gasteiger partial charge in [0, 0.05) is 15.7 Å². The fraction of sp³-hybridized carbons (Fsp3) is 0.278. The summed E-state index contributed by atoms with van der Waals surface area (Å²) in [5.74, 6) is -0.370. The van der Waals surface area contributed by atoms with Crippen molar-refractivity contribution in [1.29, 1.82) is 0 Å². The molecule has 0 saturated carbocycles. The molecule has 0 spiro atoms. The van der Waals surface area contributed by atoms with Crippen molar-refractivity contribution in [3.05, 3.63) is 52.0 Å². The number of aryl methyl sites for hydroxylation is 1. The smallest absolute Gasteiger partial charge is 0.245 e. The highest BCUT2D eigenvalue weighted by Crippen LogP contribution is 2.27. The number of amides is 1. The Bertz CT molecular complexity index is 948. The second kappa shape index (κ2) is 8.93. The zero-order valence-electron chi connectivity index (χ0n) is 15.0. The first-order valence-corrected chi connectivity index (χ1v) is 10.4. The summed E-state index contributed by atoms with van der Waals surface area (Å²) in [5.41, 5.74) is 1.34. The lowest BCUT2D eigenvalue weighted by Gasteiger charge is -2.17. The highest BCUT2D eigenvalue weighted by Gasteiger charge is 2.25. The molecule has 0 bridgehead atoms. The van der Waals surface area contributed by atoms with Gasteiger partial charge in [-0.1, -0.05) is 29.3 Å². The van der Waals surface area contributed by atoms with E-state index in [1.54, 1.807) is 25.1 Å². The normalized spacial score (nSPS) is 12.5. The van der Waals surface area contributed by atoms with Gasteiger partial charge in [0.1, 0.15) is 10.6 Å². The maximum atomic E-state index is 12.7. The highest BCUT2D eigenvalue weighted by molar-refractivity contribution is 7.89. The average molecular weight is 431 g/mol. The fourth-order valence-corrected chi connectivity index (χ4v) is 4.03. The van der Waals surface area contributed by atoms with Crippen LogP contribution in [-0.2, 0) is 14.8 Å². The van der Waals surface area contributed by atoms with Gasteiger partial charge in [-0.05, 0) is 56.7 Å². The van der Waals surface area contributed by atoms with Crippen molar-refractivity contribution in [2.24, 2.45) is 0 Å². The molecule has 0 aromatic heterocycles. The zero-order valence-corrected chi connectivity index (χ0v) is 17.4. The van der Waals surface area contributed by atoms with Crippen LogP contribution in [0.15, 0.2) is 41.3 Å². The molecule has 1 atom stereocenters. The molecule has 0 aliphatic carbocycles. The lowest BCUT2D eigenvalue weighted by atomic mass is 10.2. The number of nitrogens with one attached hydrogen (secondary N) is 2. The van der Waals surface area contributed by atoms with Crippen LogP contribution in [0.1, 0.15) is 19.4 Å². The van der Waals surface area contributed by atoms with E-state index in [-0.39, 0.29) is 22.3 Å². The number of rotatable bonds is 7. The van der Waals surface area contributed by atoms with Gasteiger partial charge in [0.05, 0.1) is 12.6 Å². The Hall–Kier alpha value is -1.80. The van der Waals surface area contributed by atoms with Crippen LogP contribution in [0.4, 0.5) is 5.69 Å². The molecule has 0 aliphatic heterocycles. The topological polar surface area (TPSA) is 84.5 Å². The summed E-state index contributed by atoms with van der Waals surface area (Å²) in [7, 11) is -4.03. The van der Waals surface area contributed by atoms with Crippen LogP contribution >= 0.6 is 23.2 Å². The summed E-state index contributed by atoms with van der Waals surface area (Å²) in [5, 5.41) is 3.37. The van der Waals surface area contributed by atoms with Crippen LogP contribution < -0.4 is 14.8 Å². The number of carbonyl (C=O) groups excluding carboxylic acids is 1. The number of halogens is 2. The molecule has 2 aromatic carbocycles. The summed E-state index contributed by atoms with van der Waals surface area (Å²) in [6.07, 6.45) is 0. The van der Waals surface area contributed by atoms with Crippen molar-refractivity contribution in [1.82, 2.24) is 4.72 Å². The molecule has 1 amide bonds. The monoisotopic (exact) mass is 430 g/mol. The van der Waals surface area contributed by atoms with Crippen LogP contribution in [0.25, 0.3) is 0 Å². The third-order valence-electron chi connectivity index (χ3n) is 3.66. The summed E-state index contributed by atoms with van der Waals surface area (Å²) < 4.78 is 33.1. The molecule has 1 unspecified atom stereocenters. The van der Waals surface area contributed by atoms with Crippen molar-refractivity contribution in [2.75, 3.05) is 11.9 Å². The fourth-order valence-electron chi connectivity index (χ4n) is 2.24. The molecule has 6 nitrogen and oxygen atoms in total. The minimum atomic E-state index is -4.03. The van der Waals surface area contributed by atoms with E-state index in [0.29, 0.717) is 10.7 Å². The molecule has 0 fully saturated rings. The first-order valence-electron chi connectivity index (χ1n) is 8.15. The number of ether oxygens (including phenoxy) is 1. The minimum Gasteiger partial charge on any atom is -0.492 e. The molecule has 27 heavy (non-hydrogen) atoms. The van der Waals surface area contributed by atoms with Gasteiger partial charge >= 0.3 is 0 Å². The molecular weight excluding hydrogens is 411 g/mol. The summed E-state index contributed by atoms with van der Waals surface area (Å²) >= 11 is 12.0. The molecule has 0 saturated heterocycles. The average Bonchev–Trinajstić information content (AvgIpc) is 2.59. The lowest BCUT2D eigenvalue weighted by Crippen LogP contribution is -2.41. The molecular formula is C18H20Cl2N2O4S. The van der Waals surface area contributed by atoms with Gasteiger partial charge in [-0.25, -0.2) is 8.42 Å². The van der Waals surface area contributed by atoms with Gasteiger partial charge in [0.15, 0.2) is 0 Å². The number of carbonyl (C=O) groups is 1. The highest BCUT2D eigenvalue weighted by atomic mass is 35.5. The molecule has 0 radical (unpaired) electrons. The van der Waals surface area contributed by atoms with Crippen LogP contribution in [0.3, 0.4) is 0 Å². The first kappa shape index (κ1) is 21.5. The Morgan fingerprint density at radius 2 is 1.89 bits per heavy atom. The van der Waals surface area contributed by atoms with Crippen LogP contribution in [0.5, 0.6) is 5.75 Å². The van der Waals surface area contributed by atoms with Gasteiger partial charge < -0.3 is 10.1 Å². The maximum Gasteiger partial charge on any atom is 0.245 e. The largest absolute Gasteiger partial charge is 0.492 e. The van der Waals surface area contributed by atoms with Crippen molar-refractivity contribution >= 4 is 44.8 Å². The minimum absolute atomic E-state index is 0.130. The van der Waals surface area contributed by atoms with E-state index in [4.69, 9.17) is 27.9 Å². The molecule has 2 N–H and O–H groups in total. The zero-order chi connectivity index (χ0) is 20.2. The van der Waals surface area contributed by atoms with E-state index in [1.165, 1.54) is 25.1 Å². The number of hydrogen-bond donors (Lipinski definition) is 2. The molecule has 2 aromatic rings. The predicted molar refractivity (Wildman–Crippen MR) is 107 cm³/mol. The number of sulfonamides is 1. The number of anilines is 1. The lowest BCUT2D eigenvalue weighted by molar-refractivity contribution is -0.117. The van der Waals surface area contributed by atoms with Crippen molar-refractivity contribution < 1.29 is 17.9 Å². The van der Waals surface area contributed by atoms with Gasteiger partial charge in [0.25, 0.3) is 0 Å². The third kappa shape index (κ3) is 5.59. The summed E-state index contributed by atoms with van der Waals surface area (Å²) in [4.78, 5) is 12.2. The first-order chi connectivity index (χ1) is 12.6. The van der Waals surface area contributed by atoms with Crippen molar-refractivity contribution in [3.63, 3.8) is 0 Å². The van der Waals surface area contributed by atoms with E-state index in [9.17, 15) is 13.2 Å².